The fourth-order valence-electron chi connectivity index (χ4n) is 2.48. The van der Waals surface area contributed by atoms with Gasteiger partial charge in [0.05, 0.1) is 5.54 Å². The van der Waals surface area contributed by atoms with E-state index in [0.29, 0.717) is 6.04 Å². The van der Waals surface area contributed by atoms with Gasteiger partial charge in [-0.1, -0.05) is 50.1 Å². The molecule has 0 fully saturated rings. The third kappa shape index (κ3) is 4.20. The van der Waals surface area contributed by atoms with Crippen LogP contribution < -0.4 is 5.32 Å². The Hall–Kier alpha value is -1.26. The number of benzene rings is 1. The normalized spacial score (nSPS) is 14.0. The van der Waals surface area contributed by atoms with Crippen LogP contribution in [-0.4, -0.2) is 11.6 Å². The van der Waals surface area contributed by atoms with Crippen molar-refractivity contribution in [3.8, 4) is 12.3 Å². The van der Waals surface area contributed by atoms with Crippen molar-refractivity contribution in [2.75, 3.05) is 0 Å². The number of hydrogen-bond donors (Lipinski definition) is 1. The molecule has 0 saturated carbocycles. The van der Waals surface area contributed by atoms with Gasteiger partial charge in [0.2, 0.25) is 0 Å². The maximum atomic E-state index is 5.52. The first kappa shape index (κ1) is 14.8. The van der Waals surface area contributed by atoms with E-state index in [1.807, 2.05) is 13.8 Å². The zero-order chi connectivity index (χ0) is 13.8. The second-order valence-corrected chi connectivity index (χ2v) is 6.27. The lowest BCUT2D eigenvalue weighted by Gasteiger charge is -2.32. The van der Waals surface area contributed by atoms with Crippen molar-refractivity contribution in [3.05, 3.63) is 35.9 Å². The summed E-state index contributed by atoms with van der Waals surface area (Å²) in [6.07, 6.45) is 6.57. The molecule has 1 rings (SSSR count). The van der Waals surface area contributed by atoms with E-state index in [2.05, 4.69) is 62.3 Å². The summed E-state index contributed by atoms with van der Waals surface area (Å²) < 4.78 is 0. The predicted octanol–water partition coefficient (Wildman–Crippen LogP) is 3.74. The Kier molecular flexibility index (Phi) is 4.59. The van der Waals surface area contributed by atoms with Gasteiger partial charge in [0.1, 0.15) is 0 Å². The van der Waals surface area contributed by atoms with E-state index in [4.69, 9.17) is 6.42 Å². The number of terminal acetylenes is 1. The van der Waals surface area contributed by atoms with Crippen LogP contribution in [0.5, 0.6) is 0 Å². The Labute approximate surface area is 112 Å². The van der Waals surface area contributed by atoms with Crippen LogP contribution in [0.15, 0.2) is 30.3 Å². The highest BCUT2D eigenvalue weighted by atomic mass is 15.0. The number of rotatable bonds is 5. The van der Waals surface area contributed by atoms with E-state index in [-0.39, 0.29) is 11.0 Å². The Bertz CT molecular complexity index is 409. The molecule has 1 atom stereocenters. The molecular weight excluding hydrogens is 218 g/mol. The van der Waals surface area contributed by atoms with E-state index in [0.717, 1.165) is 6.42 Å². The molecule has 1 unspecified atom stereocenters. The van der Waals surface area contributed by atoms with Crippen molar-refractivity contribution in [2.24, 2.45) is 0 Å². The molecule has 1 N–H and O–H groups in total. The second kappa shape index (κ2) is 5.59. The third-order valence-electron chi connectivity index (χ3n) is 3.34. The topological polar surface area (TPSA) is 12.0 Å². The van der Waals surface area contributed by atoms with Gasteiger partial charge in [-0.05, 0) is 38.2 Å². The first-order chi connectivity index (χ1) is 8.27. The summed E-state index contributed by atoms with van der Waals surface area (Å²) >= 11 is 0. The molecule has 98 valence electrons. The minimum absolute atomic E-state index is 0.151. The molecule has 1 heteroatoms. The van der Waals surface area contributed by atoms with Crippen molar-refractivity contribution in [1.82, 2.24) is 5.32 Å². The van der Waals surface area contributed by atoms with Crippen molar-refractivity contribution in [1.29, 1.82) is 0 Å². The maximum Gasteiger partial charge on any atom is 0.0743 e. The minimum Gasteiger partial charge on any atom is -0.299 e. The van der Waals surface area contributed by atoms with Gasteiger partial charge in [0, 0.05) is 6.04 Å². The molecular formula is C17H25N. The van der Waals surface area contributed by atoms with Gasteiger partial charge in [-0.2, -0.15) is 0 Å². The molecule has 0 radical (unpaired) electrons. The molecule has 0 heterocycles. The standard InChI is InChI=1S/C17H25N/c1-7-17(5,6)18-14(2)13-16(3,4)15-11-9-8-10-12-15/h1,8-12,14,18H,13H2,2-6H3. The highest BCUT2D eigenvalue weighted by Gasteiger charge is 2.25. The van der Waals surface area contributed by atoms with E-state index in [9.17, 15) is 0 Å². The van der Waals surface area contributed by atoms with E-state index in [1.54, 1.807) is 0 Å². The van der Waals surface area contributed by atoms with Gasteiger partial charge in [-0.3, -0.25) is 5.32 Å². The fraction of sp³-hybridized carbons (Fsp3) is 0.529. The van der Waals surface area contributed by atoms with Crippen LogP contribution >= 0.6 is 0 Å². The average Bonchev–Trinajstić information content (AvgIpc) is 2.28. The van der Waals surface area contributed by atoms with Crippen LogP contribution in [-0.2, 0) is 5.41 Å². The summed E-state index contributed by atoms with van der Waals surface area (Å²) in [5.74, 6) is 2.79. The summed E-state index contributed by atoms with van der Waals surface area (Å²) in [6, 6.07) is 11.0. The first-order valence-electron chi connectivity index (χ1n) is 6.58. The molecule has 0 aliphatic heterocycles. The SMILES string of the molecule is C#CC(C)(C)NC(C)CC(C)(C)c1ccccc1. The predicted molar refractivity (Wildman–Crippen MR) is 79.6 cm³/mol. The Morgan fingerprint density at radius 1 is 1.17 bits per heavy atom. The summed E-state index contributed by atoms with van der Waals surface area (Å²) in [5.41, 5.74) is 1.28. The summed E-state index contributed by atoms with van der Waals surface area (Å²) in [6.45, 7) is 10.8. The molecule has 18 heavy (non-hydrogen) atoms. The van der Waals surface area contributed by atoms with Crippen LogP contribution in [0, 0.1) is 12.3 Å². The smallest absolute Gasteiger partial charge is 0.0743 e. The largest absolute Gasteiger partial charge is 0.299 e. The van der Waals surface area contributed by atoms with E-state index in [1.165, 1.54) is 5.56 Å². The Balaban J connectivity index is 2.70. The minimum atomic E-state index is -0.244. The number of nitrogens with one attached hydrogen (secondary N) is 1. The lowest BCUT2D eigenvalue weighted by atomic mass is 9.79. The molecule has 0 amide bonds. The van der Waals surface area contributed by atoms with E-state index < -0.39 is 0 Å². The van der Waals surface area contributed by atoms with Gasteiger partial charge in [0.15, 0.2) is 0 Å². The molecule has 0 spiro atoms. The van der Waals surface area contributed by atoms with Crippen LogP contribution in [0.25, 0.3) is 0 Å². The number of hydrogen-bond acceptors (Lipinski definition) is 1. The molecule has 0 bridgehead atoms. The Morgan fingerprint density at radius 2 is 1.72 bits per heavy atom. The Morgan fingerprint density at radius 3 is 2.22 bits per heavy atom. The zero-order valence-electron chi connectivity index (χ0n) is 12.2. The monoisotopic (exact) mass is 243 g/mol. The van der Waals surface area contributed by atoms with E-state index >= 15 is 0 Å². The highest BCUT2D eigenvalue weighted by Crippen LogP contribution is 2.28. The van der Waals surface area contributed by atoms with Crippen LogP contribution in [0.1, 0.15) is 46.6 Å². The molecule has 1 aromatic carbocycles. The zero-order valence-corrected chi connectivity index (χ0v) is 12.2. The summed E-state index contributed by atoms with van der Waals surface area (Å²) in [4.78, 5) is 0. The van der Waals surface area contributed by atoms with Crippen molar-refractivity contribution < 1.29 is 0 Å². The van der Waals surface area contributed by atoms with Crippen LogP contribution in [0.4, 0.5) is 0 Å². The quantitative estimate of drug-likeness (QED) is 0.777. The first-order valence-corrected chi connectivity index (χ1v) is 6.58. The van der Waals surface area contributed by atoms with Crippen LogP contribution in [0.2, 0.25) is 0 Å². The maximum absolute atomic E-state index is 5.52. The second-order valence-electron chi connectivity index (χ2n) is 6.27. The van der Waals surface area contributed by atoms with Gasteiger partial charge in [-0.15, -0.1) is 6.42 Å². The van der Waals surface area contributed by atoms with Gasteiger partial charge < -0.3 is 0 Å². The fourth-order valence-corrected chi connectivity index (χ4v) is 2.48. The highest BCUT2D eigenvalue weighted by molar-refractivity contribution is 5.23. The lowest BCUT2D eigenvalue weighted by Crippen LogP contribution is -2.45. The van der Waals surface area contributed by atoms with Gasteiger partial charge in [-0.25, -0.2) is 0 Å². The molecule has 0 aromatic heterocycles. The molecule has 1 nitrogen and oxygen atoms in total. The average molecular weight is 243 g/mol. The van der Waals surface area contributed by atoms with Crippen molar-refractivity contribution in [2.45, 2.75) is 58.0 Å². The molecule has 0 saturated heterocycles. The third-order valence-corrected chi connectivity index (χ3v) is 3.34. The van der Waals surface area contributed by atoms with Gasteiger partial charge >= 0.3 is 0 Å². The lowest BCUT2D eigenvalue weighted by molar-refractivity contribution is 0.342. The summed E-state index contributed by atoms with van der Waals surface area (Å²) in [5, 5.41) is 3.50. The molecule has 0 aliphatic carbocycles. The van der Waals surface area contributed by atoms with Crippen molar-refractivity contribution in [3.63, 3.8) is 0 Å². The van der Waals surface area contributed by atoms with Crippen LogP contribution in [0.3, 0.4) is 0 Å². The van der Waals surface area contributed by atoms with Gasteiger partial charge in [0.25, 0.3) is 0 Å². The summed E-state index contributed by atoms with van der Waals surface area (Å²) in [7, 11) is 0. The molecule has 1 aromatic rings. The van der Waals surface area contributed by atoms with Crippen molar-refractivity contribution >= 4 is 0 Å². The molecule has 0 aliphatic rings.